The molecule has 28 heavy (non-hydrogen) atoms. The summed E-state index contributed by atoms with van der Waals surface area (Å²) in [6.07, 6.45) is -0.0371. The zero-order valence-corrected chi connectivity index (χ0v) is 16.6. The largest absolute Gasteiger partial charge is 0.493 e. The van der Waals surface area contributed by atoms with Crippen LogP contribution in [0.1, 0.15) is 23.3 Å². The first-order valence-corrected chi connectivity index (χ1v) is 9.37. The van der Waals surface area contributed by atoms with Crippen LogP contribution in [0.2, 0.25) is 0 Å². The van der Waals surface area contributed by atoms with Gasteiger partial charge in [-0.2, -0.15) is 0 Å². The maximum absolute atomic E-state index is 6.20. The van der Waals surface area contributed by atoms with E-state index in [9.17, 15) is 0 Å². The lowest BCUT2D eigenvalue weighted by molar-refractivity contribution is 0.0191. The zero-order chi connectivity index (χ0) is 19.7. The Bertz CT molecular complexity index is 766. The fourth-order valence-corrected chi connectivity index (χ4v) is 4.29. The molecule has 2 saturated heterocycles. The van der Waals surface area contributed by atoms with Crippen LogP contribution in [0, 0.1) is 11.8 Å². The van der Waals surface area contributed by atoms with Crippen molar-refractivity contribution >= 4 is 0 Å². The maximum atomic E-state index is 6.20. The van der Waals surface area contributed by atoms with E-state index in [1.807, 2.05) is 36.4 Å². The van der Waals surface area contributed by atoms with Gasteiger partial charge in [0.25, 0.3) is 0 Å². The van der Waals surface area contributed by atoms with Crippen LogP contribution in [0.4, 0.5) is 0 Å². The first-order valence-electron chi connectivity index (χ1n) is 9.37. The molecule has 0 saturated carbocycles. The van der Waals surface area contributed by atoms with Crippen LogP contribution in [-0.2, 0) is 9.47 Å². The van der Waals surface area contributed by atoms with E-state index < -0.39 is 0 Å². The molecule has 150 valence electrons. The minimum atomic E-state index is -0.0186. The summed E-state index contributed by atoms with van der Waals surface area (Å²) in [5, 5.41) is 0. The smallest absolute Gasteiger partial charge is 0.161 e. The predicted octanol–water partition coefficient (Wildman–Crippen LogP) is 3.80. The molecule has 4 atom stereocenters. The molecule has 6 heteroatoms. The van der Waals surface area contributed by atoms with Crippen molar-refractivity contribution in [2.45, 2.75) is 12.2 Å². The molecule has 0 amide bonds. The summed E-state index contributed by atoms with van der Waals surface area (Å²) >= 11 is 0. The molecule has 2 aliphatic heterocycles. The van der Waals surface area contributed by atoms with Gasteiger partial charge in [0, 0.05) is 11.8 Å². The van der Waals surface area contributed by atoms with Crippen molar-refractivity contribution in [1.29, 1.82) is 0 Å². The van der Waals surface area contributed by atoms with Crippen molar-refractivity contribution in [2.24, 2.45) is 11.8 Å². The van der Waals surface area contributed by atoms with E-state index in [-0.39, 0.29) is 24.0 Å². The molecule has 0 N–H and O–H groups in total. The van der Waals surface area contributed by atoms with Gasteiger partial charge in [0.2, 0.25) is 0 Å². The molecule has 2 aromatic rings. The number of rotatable bonds is 6. The van der Waals surface area contributed by atoms with Gasteiger partial charge in [0.05, 0.1) is 53.9 Å². The highest BCUT2D eigenvalue weighted by Crippen LogP contribution is 2.51. The van der Waals surface area contributed by atoms with Gasteiger partial charge in [0.1, 0.15) is 0 Å². The average molecular weight is 386 g/mol. The highest BCUT2D eigenvalue weighted by Gasteiger charge is 2.48. The second kappa shape index (κ2) is 7.89. The molecule has 0 unspecified atom stereocenters. The van der Waals surface area contributed by atoms with Gasteiger partial charge in [0.15, 0.2) is 23.0 Å². The highest BCUT2D eigenvalue weighted by atomic mass is 16.5. The maximum Gasteiger partial charge on any atom is 0.161 e. The minimum absolute atomic E-state index is 0.0186. The molecular weight excluding hydrogens is 360 g/mol. The van der Waals surface area contributed by atoms with Crippen LogP contribution in [0.3, 0.4) is 0 Å². The Labute approximate surface area is 165 Å². The number of methoxy groups -OCH3 is 4. The van der Waals surface area contributed by atoms with Gasteiger partial charge in [-0.05, 0) is 35.4 Å². The molecule has 0 radical (unpaired) electrons. The van der Waals surface area contributed by atoms with Gasteiger partial charge in [-0.1, -0.05) is 12.1 Å². The molecule has 2 aliphatic rings. The lowest BCUT2D eigenvalue weighted by atomic mass is 9.85. The van der Waals surface area contributed by atoms with Crippen LogP contribution < -0.4 is 18.9 Å². The summed E-state index contributed by atoms with van der Waals surface area (Å²) < 4.78 is 34.0. The van der Waals surface area contributed by atoms with Crippen LogP contribution in [0.5, 0.6) is 23.0 Å². The van der Waals surface area contributed by atoms with Crippen molar-refractivity contribution in [2.75, 3.05) is 41.7 Å². The Balaban J connectivity index is 1.57. The SMILES string of the molecule is COc1ccc([C@@H]2OC[C@@H]3[C@H]2CO[C@H]3c2ccc(OC)c(OC)c2)cc1OC. The molecule has 0 spiro atoms. The van der Waals surface area contributed by atoms with Crippen molar-refractivity contribution in [3.05, 3.63) is 47.5 Å². The molecule has 2 heterocycles. The lowest BCUT2D eigenvalue weighted by Crippen LogP contribution is -2.14. The average Bonchev–Trinajstić information content (AvgIpc) is 3.35. The minimum Gasteiger partial charge on any atom is -0.493 e. The van der Waals surface area contributed by atoms with Crippen molar-refractivity contribution in [1.82, 2.24) is 0 Å². The van der Waals surface area contributed by atoms with Gasteiger partial charge in [-0.3, -0.25) is 0 Å². The molecule has 6 nitrogen and oxygen atoms in total. The van der Waals surface area contributed by atoms with E-state index in [0.717, 1.165) is 11.1 Å². The van der Waals surface area contributed by atoms with Gasteiger partial charge < -0.3 is 28.4 Å². The van der Waals surface area contributed by atoms with Gasteiger partial charge in [-0.15, -0.1) is 0 Å². The summed E-state index contributed by atoms with van der Waals surface area (Å²) in [5.41, 5.74) is 2.17. The second-order valence-corrected chi connectivity index (χ2v) is 7.06. The quantitative estimate of drug-likeness (QED) is 0.753. The van der Waals surface area contributed by atoms with Crippen LogP contribution in [0.25, 0.3) is 0 Å². The number of hydrogen-bond donors (Lipinski definition) is 0. The molecule has 0 bridgehead atoms. The molecule has 4 rings (SSSR count). The fraction of sp³-hybridized carbons (Fsp3) is 0.455. The molecule has 2 aromatic carbocycles. The number of hydrogen-bond acceptors (Lipinski definition) is 6. The number of fused-ring (bicyclic) bond motifs is 1. The van der Waals surface area contributed by atoms with Crippen molar-refractivity contribution in [3.63, 3.8) is 0 Å². The molecule has 0 aliphatic carbocycles. The van der Waals surface area contributed by atoms with Crippen molar-refractivity contribution in [3.8, 4) is 23.0 Å². The zero-order valence-electron chi connectivity index (χ0n) is 16.6. The lowest BCUT2D eigenvalue weighted by Gasteiger charge is -2.18. The van der Waals surface area contributed by atoms with E-state index in [2.05, 4.69) is 0 Å². The van der Waals surface area contributed by atoms with E-state index >= 15 is 0 Å². The van der Waals surface area contributed by atoms with Gasteiger partial charge in [-0.25, -0.2) is 0 Å². The van der Waals surface area contributed by atoms with Gasteiger partial charge >= 0.3 is 0 Å². The fourth-order valence-electron chi connectivity index (χ4n) is 4.29. The Kier molecular flexibility index (Phi) is 5.33. The Morgan fingerprint density at radius 1 is 0.607 bits per heavy atom. The summed E-state index contributed by atoms with van der Waals surface area (Å²) in [6, 6.07) is 11.9. The third-order valence-electron chi connectivity index (χ3n) is 5.74. The van der Waals surface area contributed by atoms with Crippen molar-refractivity contribution < 1.29 is 28.4 Å². The first-order chi connectivity index (χ1) is 13.7. The Hall–Kier alpha value is -2.44. The van der Waals surface area contributed by atoms with E-state index in [1.165, 1.54) is 0 Å². The predicted molar refractivity (Wildman–Crippen MR) is 103 cm³/mol. The van der Waals surface area contributed by atoms with Crippen LogP contribution in [-0.4, -0.2) is 41.7 Å². The second-order valence-electron chi connectivity index (χ2n) is 7.06. The third-order valence-corrected chi connectivity index (χ3v) is 5.74. The monoisotopic (exact) mass is 386 g/mol. The highest BCUT2D eigenvalue weighted by molar-refractivity contribution is 5.45. The Morgan fingerprint density at radius 3 is 1.36 bits per heavy atom. The van der Waals surface area contributed by atoms with E-state index in [1.54, 1.807) is 28.4 Å². The number of benzene rings is 2. The van der Waals surface area contributed by atoms with Crippen LogP contribution >= 0.6 is 0 Å². The van der Waals surface area contributed by atoms with E-state index in [4.69, 9.17) is 28.4 Å². The molecule has 0 aromatic heterocycles. The molecular formula is C22H26O6. The van der Waals surface area contributed by atoms with E-state index in [0.29, 0.717) is 36.2 Å². The molecule has 2 fully saturated rings. The first kappa shape index (κ1) is 18.9. The summed E-state index contributed by atoms with van der Waals surface area (Å²) in [6.45, 7) is 1.31. The summed E-state index contributed by atoms with van der Waals surface area (Å²) in [7, 11) is 6.56. The number of ether oxygens (including phenoxy) is 6. The Morgan fingerprint density at radius 2 is 1.00 bits per heavy atom. The standard InChI is InChI=1S/C22H26O6/c1-23-17-7-5-13(9-19(17)25-3)21-15-11-28-22(16(15)12-27-21)14-6-8-18(24-2)20(10-14)26-4/h5-10,15-16,21-22H,11-12H2,1-4H3/t15-,16-,21+,22+/m1/s1. The topological polar surface area (TPSA) is 55.4 Å². The summed E-state index contributed by atoms with van der Waals surface area (Å²) in [5.74, 6) is 3.43. The van der Waals surface area contributed by atoms with Crippen LogP contribution in [0.15, 0.2) is 36.4 Å². The summed E-state index contributed by atoms with van der Waals surface area (Å²) in [4.78, 5) is 0. The third kappa shape index (κ3) is 3.16. The normalized spacial score (nSPS) is 26.0.